The van der Waals surface area contributed by atoms with Gasteiger partial charge in [0.25, 0.3) is 0 Å². The Morgan fingerprint density at radius 3 is 2.12 bits per heavy atom. The van der Waals surface area contributed by atoms with Crippen LogP contribution in [0, 0.1) is 11.3 Å². The number of nitriles is 1. The lowest BCUT2D eigenvalue weighted by molar-refractivity contribution is 0.0602. The van der Waals surface area contributed by atoms with Crippen LogP contribution < -0.4 is 5.32 Å². The second kappa shape index (κ2) is 6.87. The Morgan fingerprint density at radius 1 is 1.12 bits per heavy atom. The van der Waals surface area contributed by atoms with E-state index < -0.39 is 11.5 Å². The fraction of sp³-hybridized carbons (Fsp3) is 0.429. The van der Waals surface area contributed by atoms with E-state index in [1.54, 1.807) is 0 Å². The molecule has 2 rings (SSSR count). The summed E-state index contributed by atoms with van der Waals surface area (Å²) in [5, 5.41) is 13.4. The van der Waals surface area contributed by atoms with Gasteiger partial charge >= 0.3 is 5.97 Å². The molecule has 0 amide bonds. The van der Waals surface area contributed by atoms with Crippen LogP contribution in [0.2, 0.25) is 0 Å². The molecule has 0 fully saturated rings. The van der Waals surface area contributed by atoms with Gasteiger partial charge in [0, 0.05) is 16.6 Å². The number of carbonyl (C=O) groups is 1. The first kappa shape index (κ1) is 19.6. The van der Waals surface area contributed by atoms with Crippen molar-refractivity contribution >= 4 is 11.8 Å². The summed E-state index contributed by atoms with van der Waals surface area (Å²) in [7, 11) is 1.36. The van der Waals surface area contributed by atoms with Crippen LogP contribution in [0.1, 0.15) is 57.6 Å². The molecule has 1 heterocycles. The highest BCUT2D eigenvalue weighted by molar-refractivity contribution is 6.04. The van der Waals surface area contributed by atoms with Crippen LogP contribution in [0.5, 0.6) is 0 Å². The lowest BCUT2D eigenvalue weighted by Gasteiger charge is -2.30. The molecule has 0 atom stereocenters. The molecular formula is C21H27N3O2. The van der Waals surface area contributed by atoms with Crippen LogP contribution in [-0.2, 0) is 10.3 Å². The van der Waals surface area contributed by atoms with Gasteiger partial charge in [0.05, 0.1) is 7.11 Å². The quantitative estimate of drug-likeness (QED) is 0.807. The maximum atomic E-state index is 12.7. The molecular weight excluding hydrogens is 326 g/mol. The lowest BCUT2D eigenvalue weighted by Crippen LogP contribution is -2.32. The molecule has 0 radical (unpaired) electrons. The Labute approximate surface area is 155 Å². The van der Waals surface area contributed by atoms with Crippen molar-refractivity contribution in [1.29, 1.82) is 5.26 Å². The summed E-state index contributed by atoms with van der Waals surface area (Å²) in [6.07, 6.45) is 0. The van der Waals surface area contributed by atoms with Gasteiger partial charge in [-0.2, -0.15) is 5.26 Å². The van der Waals surface area contributed by atoms with Crippen molar-refractivity contribution in [2.24, 2.45) is 0 Å². The smallest absolute Gasteiger partial charge is 0.342 e. The highest BCUT2D eigenvalue weighted by Gasteiger charge is 2.34. The zero-order chi connectivity index (χ0) is 19.7. The molecule has 0 bridgehead atoms. The van der Waals surface area contributed by atoms with Crippen LogP contribution in [0.3, 0.4) is 0 Å². The van der Waals surface area contributed by atoms with E-state index in [1.807, 2.05) is 76.4 Å². The Morgan fingerprint density at radius 2 is 1.69 bits per heavy atom. The predicted molar refractivity (Wildman–Crippen MR) is 104 cm³/mol. The molecule has 2 aromatic rings. The van der Waals surface area contributed by atoms with Crippen molar-refractivity contribution in [3.05, 3.63) is 41.6 Å². The molecule has 138 valence electrons. The number of esters is 1. The minimum absolute atomic E-state index is 0.301. The van der Waals surface area contributed by atoms with Crippen LogP contribution in [-0.4, -0.2) is 23.2 Å². The number of benzene rings is 1. The fourth-order valence-electron chi connectivity index (χ4n) is 3.01. The zero-order valence-corrected chi connectivity index (χ0v) is 16.6. The third kappa shape index (κ3) is 3.75. The number of carbonyl (C=O) groups excluding carboxylic acids is 1. The number of rotatable bonds is 3. The number of nitrogens with one attached hydrogen (secondary N) is 1. The van der Waals surface area contributed by atoms with Crippen LogP contribution in [0.25, 0.3) is 11.1 Å². The molecule has 5 nitrogen and oxygen atoms in total. The first-order chi connectivity index (χ1) is 12.0. The lowest BCUT2D eigenvalue weighted by atomic mass is 10.0. The van der Waals surface area contributed by atoms with E-state index >= 15 is 0 Å². The van der Waals surface area contributed by atoms with Crippen molar-refractivity contribution in [2.45, 2.75) is 52.6 Å². The number of anilines is 1. The van der Waals surface area contributed by atoms with Gasteiger partial charge in [-0.3, -0.25) is 0 Å². The number of hydrogen-bond donors (Lipinski definition) is 1. The Kier molecular flexibility index (Phi) is 5.18. The molecule has 0 saturated heterocycles. The van der Waals surface area contributed by atoms with Crippen LogP contribution in [0.4, 0.5) is 5.82 Å². The Hall–Kier alpha value is -2.74. The van der Waals surface area contributed by atoms with Crippen LogP contribution >= 0.6 is 0 Å². The molecule has 0 aliphatic heterocycles. The molecule has 1 aromatic carbocycles. The average molecular weight is 353 g/mol. The van der Waals surface area contributed by atoms with Gasteiger partial charge in [-0.1, -0.05) is 30.3 Å². The number of nitrogens with zero attached hydrogens (tertiary/aromatic N) is 2. The normalized spacial score (nSPS) is 11.8. The van der Waals surface area contributed by atoms with E-state index in [9.17, 15) is 10.1 Å². The van der Waals surface area contributed by atoms with Gasteiger partial charge in [-0.05, 0) is 47.1 Å². The SMILES string of the molecule is COC(=O)c1c(-c2ccccc2)c(C#N)n(C(C)(C)C)c1NC(C)(C)C. The van der Waals surface area contributed by atoms with E-state index in [-0.39, 0.29) is 5.54 Å². The summed E-state index contributed by atoms with van der Waals surface area (Å²) in [6.45, 7) is 12.1. The number of aromatic nitrogens is 1. The predicted octanol–water partition coefficient (Wildman–Crippen LogP) is 4.78. The standard InChI is InChI=1S/C21H27N3O2/c1-20(2,3)23-18-17(19(25)26-7)16(14-11-9-8-10-12-14)15(13-22)24(18)21(4,5)6/h8-12,23H,1-7H3. The summed E-state index contributed by atoms with van der Waals surface area (Å²) in [5.74, 6) is 0.141. The van der Waals surface area contributed by atoms with Crippen LogP contribution in [0.15, 0.2) is 30.3 Å². The highest BCUT2D eigenvalue weighted by Crippen LogP contribution is 2.40. The molecule has 5 heteroatoms. The molecule has 0 unspecified atom stereocenters. The van der Waals surface area contributed by atoms with Crippen molar-refractivity contribution in [2.75, 3.05) is 12.4 Å². The summed E-state index contributed by atoms with van der Waals surface area (Å²) in [4.78, 5) is 12.7. The molecule has 1 N–H and O–H groups in total. The molecule has 0 saturated carbocycles. The average Bonchev–Trinajstić information content (AvgIpc) is 2.87. The number of hydrogen-bond acceptors (Lipinski definition) is 4. The fourth-order valence-corrected chi connectivity index (χ4v) is 3.01. The van der Waals surface area contributed by atoms with Gasteiger partial charge in [0.2, 0.25) is 0 Å². The summed E-state index contributed by atoms with van der Waals surface area (Å²) >= 11 is 0. The second-order valence-electron chi connectivity index (χ2n) is 8.30. The third-order valence-electron chi connectivity index (χ3n) is 3.89. The van der Waals surface area contributed by atoms with E-state index in [0.29, 0.717) is 22.6 Å². The minimum Gasteiger partial charge on any atom is -0.465 e. The minimum atomic E-state index is -0.463. The molecule has 1 aromatic heterocycles. The first-order valence-electron chi connectivity index (χ1n) is 8.62. The monoisotopic (exact) mass is 353 g/mol. The van der Waals surface area contributed by atoms with E-state index in [2.05, 4.69) is 11.4 Å². The van der Waals surface area contributed by atoms with Gasteiger partial charge in [0.1, 0.15) is 23.1 Å². The van der Waals surface area contributed by atoms with Gasteiger partial charge in [-0.25, -0.2) is 4.79 Å². The summed E-state index contributed by atoms with van der Waals surface area (Å²) in [5.41, 5.74) is 1.53. The number of methoxy groups -OCH3 is 1. The zero-order valence-electron chi connectivity index (χ0n) is 16.6. The van der Waals surface area contributed by atoms with E-state index in [1.165, 1.54) is 7.11 Å². The molecule has 0 aliphatic rings. The maximum Gasteiger partial charge on any atom is 0.342 e. The molecule has 26 heavy (non-hydrogen) atoms. The van der Waals surface area contributed by atoms with Crippen molar-refractivity contribution < 1.29 is 9.53 Å². The summed E-state index contributed by atoms with van der Waals surface area (Å²) in [6, 6.07) is 11.8. The summed E-state index contributed by atoms with van der Waals surface area (Å²) < 4.78 is 6.97. The van der Waals surface area contributed by atoms with E-state index in [4.69, 9.17) is 4.74 Å². The molecule has 0 aliphatic carbocycles. The maximum absolute atomic E-state index is 12.7. The van der Waals surface area contributed by atoms with Gasteiger partial charge in [0.15, 0.2) is 0 Å². The largest absolute Gasteiger partial charge is 0.465 e. The van der Waals surface area contributed by atoms with Crippen molar-refractivity contribution in [3.63, 3.8) is 0 Å². The topological polar surface area (TPSA) is 67.0 Å². The van der Waals surface area contributed by atoms with Gasteiger partial charge in [-0.15, -0.1) is 0 Å². The molecule has 0 spiro atoms. The Balaban J connectivity index is 3.00. The number of ether oxygens (including phenoxy) is 1. The highest BCUT2D eigenvalue weighted by atomic mass is 16.5. The van der Waals surface area contributed by atoms with Crippen molar-refractivity contribution in [3.8, 4) is 17.2 Å². The third-order valence-corrected chi connectivity index (χ3v) is 3.89. The first-order valence-corrected chi connectivity index (χ1v) is 8.62. The van der Waals surface area contributed by atoms with E-state index in [0.717, 1.165) is 5.56 Å². The van der Waals surface area contributed by atoms with Crippen molar-refractivity contribution in [1.82, 2.24) is 4.57 Å². The second-order valence-corrected chi connectivity index (χ2v) is 8.30. The van der Waals surface area contributed by atoms with Gasteiger partial charge < -0.3 is 14.6 Å². The Bertz CT molecular complexity index is 845.